The molecule has 4 aromatic rings. The minimum atomic E-state index is -3.11. The summed E-state index contributed by atoms with van der Waals surface area (Å²) in [7, 11) is 0. The Labute approximate surface area is 208 Å². The molecular formula is C23H21ClF2N6O4. The first-order valence-electron chi connectivity index (χ1n) is 10.6. The van der Waals surface area contributed by atoms with Gasteiger partial charge in [-0.1, -0.05) is 11.6 Å². The molecule has 0 aliphatic carbocycles. The van der Waals surface area contributed by atoms with Crippen LogP contribution >= 0.6 is 11.6 Å². The molecular weight excluding hydrogens is 498 g/mol. The summed E-state index contributed by atoms with van der Waals surface area (Å²) in [5.41, 5.74) is -0.0150. The van der Waals surface area contributed by atoms with Crippen molar-refractivity contribution >= 4 is 34.8 Å². The molecule has 0 atom stereocenters. The van der Waals surface area contributed by atoms with Gasteiger partial charge in [-0.05, 0) is 45.0 Å². The maximum Gasteiger partial charge on any atom is 0.387 e. The number of rotatable bonds is 7. The summed E-state index contributed by atoms with van der Waals surface area (Å²) in [6.07, 6.45) is 5.86. The number of halogens is 3. The Morgan fingerprint density at radius 2 is 2.03 bits per heavy atom. The van der Waals surface area contributed by atoms with E-state index in [2.05, 4.69) is 25.2 Å². The Morgan fingerprint density at radius 3 is 2.75 bits per heavy atom. The average molecular weight is 519 g/mol. The largest absolute Gasteiger partial charge is 0.459 e. The molecule has 0 aliphatic rings. The van der Waals surface area contributed by atoms with E-state index < -0.39 is 24.1 Å². The third-order valence-corrected chi connectivity index (χ3v) is 4.89. The number of nitrogens with zero attached hydrogens (tertiary/aromatic N) is 5. The fourth-order valence-electron chi connectivity index (χ4n) is 3.36. The highest BCUT2D eigenvalue weighted by molar-refractivity contribution is 6.31. The van der Waals surface area contributed by atoms with Gasteiger partial charge in [-0.3, -0.25) is 14.3 Å². The molecule has 3 heterocycles. The second kappa shape index (κ2) is 9.90. The van der Waals surface area contributed by atoms with Crippen molar-refractivity contribution in [3.63, 3.8) is 0 Å². The number of ether oxygens (including phenoxy) is 2. The summed E-state index contributed by atoms with van der Waals surface area (Å²) in [5, 5.41) is 11.3. The van der Waals surface area contributed by atoms with E-state index in [4.69, 9.17) is 16.3 Å². The molecule has 1 N–H and O–H groups in total. The van der Waals surface area contributed by atoms with Crippen LogP contribution in [0.2, 0.25) is 5.02 Å². The lowest BCUT2D eigenvalue weighted by molar-refractivity contribution is -0.155. The van der Waals surface area contributed by atoms with Gasteiger partial charge in [-0.15, -0.1) is 0 Å². The minimum absolute atomic E-state index is 0.0505. The first kappa shape index (κ1) is 25.0. The summed E-state index contributed by atoms with van der Waals surface area (Å²) >= 11 is 6.11. The monoisotopic (exact) mass is 518 g/mol. The van der Waals surface area contributed by atoms with E-state index in [0.29, 0.717) is 5.65 Å². The molecule has 188 valence electrons. The zero-order valence-electron chi connectivity index (χ0n) is 19.4. The number of esters is 1. The third kappa shape index (κ3) is 5.77. The number of carbonyl (C=O) groups excluding carboxylic acids is 2. The summed E-state index contributed by atoms with van der Waals surface area (Å²) in [4.78, 5) is 29.6. The van der Waals surface area contributed by atoms with Crippen molar-refractivity contribution in [1.29, 1.82) is 0 Å². The van der Waals surface area contributed by atoms with E-state index in [1.54, 1.807) is 33.0 Å². The highest BCUT2D eigenvalue weighted by Crippen LogP contribution is 2.37. The van der Waals surface area contributed by atoms with Gasteiger partial charge in [0.25, 0.3) is 5.91 Å². The smallest absolute Gasteiger partial charge is 0.387 e. The van der Waals surface area contributed by atoms with Crippen molar-refractivity contribution in [3.8, 4) is 17.0 Å². The second-order valence-electron chi connectivity index (χ2n) is 8.59. The van der Waals surface area contributed by atoms with Crippen LogP contribution in [0.3, 0.4) is 0 Å². The van der Waals surface area contributed by atoms with Crippen molar-refractivity contribution < 1.29 is 27.8 Å². The highest BCUT2D eigenvalue weighted by atomic mass is 35.5. The van der Waals surface area contributed by atoms with E-state index in [9.17, 15) is 18.4 Å². The van der Waals surface area contributed by atoms with Crippen LogP contribution in [0.15, 0.2) is 49.1 Å². The summed E-state index contributed by atoms with van der Waals surface area (Å²) in [5.74, 6) is -1.39. The lowest BCUT2D eigenvalue weighted by atomic mass is 10.1. The van der Waals surface area contributed by atoms with E-state index in [0.717, 1.165) is 0 Å². The summed E-state index contributed by atoms with van der Waals surface area (Å²) in [6.45, 7) is 1.74. The topological polar surface area (TPSA) is 113 Å². The van der Waals surface area contributed by atoms with Crippen LogP contribution in [0.4, 0.5) is 14.5 Å². The zero-order chi connectivity index (χ0) is 26.0. The molecule has 36 heavy (non-hydrogen) atoms. The predicted octanol–water partition coefficient (Wildman–Crippen LogP) is 4.44. The van der Waals surface area contributed by atoms with E-state index in [1.165, 1.54) is 46.0 Å². The third-order valence-electron chi connectivity index (χ3n) is 4.66. The van der Waals surface area contributed by atoms with Gasteiger partial charge in [0.15, 0.2) is 5.65 Å². The summed E-state index contributed by atoms with van der Waals surface area (Å²) in [6, 6.07) is 5.66. The standard InChI is InChI=1S/C23H21ClF2N6O4/c1-23(2,3)36-18(33)12-31-11-16(29-21(34)15-10-28-32-8-4-7-27-20(15)32)19(30-31)14-9-13(24)5-6-17(14)35-22(25)26/h4-11,22H,12H2,1-3H3,(H,29,34). The number of nitrogens with one attached hydrogen (secondary N) is 1. The van der Waals surface area contributed by atoms with Crippen LogP contribution in [0, 0.1) is 0 Å². The van der Waals surface area contributed by atoms with Crippen molar-refractivity contribution in [2.24, 2.45) is 0 Å². The van der Waals surface area contributed by atoms with Gasteiger partial charge >= 0.3 is 12.6 Å². The van der Waals surface area contributed by atoms with E-state index in [-0.39, 0.29) is 39.8 Å². The molecule has 13 heteroatoms. The molecule has 0 unspecified atom stereocenters. The van der Waals surface area contributed by atoms with Gasteiger partial charge in [0.1, 0.15) is 29.2 Å². The lowest BCUT2D eigenvalue weighted by Gasteiger charge is -2.19. The first-order chi connectivity index (χ1) is 17.0. The fourth-order valence-corrected chi connectivity index (χ4v) is 3.53. The van der Waals surface area contributed by atoms with Crippen LogP contribution in [-0.2, 0) is 16.1 Å². The Hall–Kier alpha value is -4.06. The van der Waals surface area contributed by atoms with Crippen LogP contribution in [0.5, 0.6) is 5.75 Å². The normalized spacial score (nSPS) is 11.6. The summed E-state index contributed by atoms with van der Waals surface area (Å²) < 4.78 is 38.7. The number of hydrogen-bond donors (Lipinski definition) is 1. The van der Waals surface area contributed by atoms with Gasteiger partial charge in [-0.2, -0.15) is 19.0 Å². The highest BCUT2D eigenvalue weighted by Gasteiger charge is 2.23. The van der Waals surface area contributed by atoms with E-state index >= 15 is 0 Å². The molecule has 1 amide bonds. The first-order valence-corrected chi connectivity index (χ1v) is 11.0. The minimum Gasteiger partial charge on any atom is -0.459 e. The van der Waals surface area contributed by atoms with Crippen LogP contribution in [-0.4, -0.2) is 48.5 Å². The Balaban J connectivity index is 1.74. The molecule has 0 bridgehead atoms. The Morgan fingerprint density at radius 1 is 1.25 bits per heavy atom. The van der Waals surface area contributed by atoms with Crippen molar-refractivity contribution in [2.75, 3.05) is 5.32 Å². The number of carbonyl (C=O) groups is 2. The van der Waals surface area contributed by atoms with Crippen LogP contribution in [0.1, 0.15) is 31.1 Å². The predicted molar refractivity (Wildman–Crippen MR) is 126 cm³/mol. The molecule has 0 spiro atoms. The zero-order valence-corrected chi connectivity index (χ0v) is 20.2. The number of amides is 1. The molecule has 4 rings (SSSR count). The maximum absolute atomic E-state index is 13.1. The van der Waals surface area contributed by atoms with E-state index in [1.807, 2.05) is 0 Å². The maximum atomic E-state index is 13.1. The molecule has 0 saturated carbocycles. The van der Waals surface area contributed by atoms with Gasteiger partial charge in [0.05, 0.1) is 11.9 Å². The average Bonchev–Trinajstić information content (AvgIpc) is 3.37. The van der Waals surface area contributed by atoms with Gasteiger partial charge < -0.3 is 14.8 Å². The quantitative estimate of drug-likeness (QED) is 0.360. The molecule has 10 nitrogen and oxygen atoms in total. The number of anilines is 1. The molecule has 0 radical (unpaired) electrons. The van der Waals surface area contributed by atoms with Gasteiger partial charge in [0, 0.05) is 29.2 Å². The van der Waals surface area contributed by atoms with Crippen molar-refractivity contribution in [2.45, 2.75) is 39.5 Å². The Kier molecular flexibility index (Phi) is 6.88. The lowest BCUT2D eigenvalue weighted by Crippen LogP contribution is -2.26. The molecule has 3 aromatic heterocycles. The van der Waals surface area contributed by atoms with Crippen molar-refractivity contribution in [3.05, 3.63) is 59.6 Å². The van der Waals surface area contributed by atoms with Crippen molar-refractivity contribution in [1.82, 2.24) is 24.4 Å². The number of alkyl halides is 2. The van der Waals surface area contributed by atoms with Crippen LogP contribution < -0.4 is 10.1 Å². The number of fused-ring (bicyclic) bond motifs is 1. The van der Waals surface area contributed by atoms with Gasteiger partial charge in [-0.25, -0.2) is 9.50 Å². The molecule has 0 aliphatic heterocycles. The SMILES string of the molecule is CC(C)(C)OC(=O)Cn1cc(NC(=O)c2cnn3cccnc23)c(-c2cc(Cl)ccc2OC(F)F)n1. The number of aromatic nitrogens is 5. The second-order valence-corrected chi connectivity index (χ2v) is 9.03. The molecule has 1 aromatic carbocycles. The number of benzene rings is 1. The number of hydrogen-bond acceptors (Lipinski definition) is 7. The fraction of sp³-hybridized carbons (Fsp3) is 0.261. The van der Waals surface area contributed by atoms with Crippen LogP contribution in [0.25, 0.3) is 16.9 Å². The molecule has 0 fully saturated rings. The Bertz CT molecular complexity index is 1430. The van der Waals surface area contributed by atoms with Gasteiger partial charge in [0.2, 0.25) is 0 Å². The molecule has 0 saturated heterocycles.